The molecule has 2 rings (SSSR count). The van der Waals surface area contributed by atoms with Gasteiger partial charge in [0.15, 0.2) is 5.82 Å². The van der Waals surface area contributed by atoms with Gasteiger partial charge in [0.25, 0.3) is 0 Å². The molecule has 1 atom stereocenters. The van der Waals surface area contributed by atoms with Crippen molar-refractivity contribution in [3.05, 3.63) is 35.6 Å². The van der Waals surface area contributed by atoms with Crippen molar-refractivity contribution in [2.45, 2.75) is 19.4 Å². The minimum atomic E-state index is -0.647. The second-order valence-electron chi connectivity index (χ2n) is 3.89. The van der Waals surface area contributed by atoms with Gasteiger partial charge in [0, 0.05) is 6.04 Å². The molecule has 2 aromatic rings. The number of halogens is 2. The lowest BCUT2D eigenvalue weighted by Gasteiger charge is -2.10. The standard InChI is InChI=1S/C12H13F2NO/c1-7(15-2)5-8-3-4-10-11(12(8)14)9(13)6-16-10/h3-4,6-7,15H,5H2,1-2H3. The fourth-order valence-corrected chi connectivity index (χ4v) is 1.69. The van der Waals surface area contributed by atoms with E-state index in [9.17, 15) is 8.78 Å². The molecule has 1 aromatic carbocycles. The molecular weight excluding hydrogens is 212 g/mol. The topological polar surface area (TPSA) is 25.2 Å². The Morgan fingerprint density at radius 3 is 2.81 bits per heavy atom. The van der Waals surface area contributed by atoms with Gasteiger partial charge in [0.1, 0.15) is 17.7 Å². The highest BCUT2D eigenvalue weighted by Crippen LogP contribution is 2.25. The summed E-state index contributed by atoms with van der Waals surface area (Å²) in [6.45, 7) is 1.94. The van der Waals surface area contributed by atoms with E-state index >= 15 is 0 Å². The van der Waals surface area contributed by atoms with Crippen molar-refractivity contribution in [3.8, 4) is 0 Å². The highest BCUT2D eigenvalue weighted by molar-refractivity contribution is 5.79. The average molecular weight is 225 g/mol. The van der Waals surface area contributed by atoms with Gasteiger partial charge in [-0.05, 0) is 32.0 Å². The molecule has 0 fully saturated rings. The van der Waals surface area contributed by atoms with Crippen LogP contribution >= 0.6 is 0 Å². The van der Waals surface area contributed by atoms with Crippen molar-refractivity contribution in [2.24, 2.45) is 0 Å². The van der Waals surface area contributed by atoms with Gasteiger partial charge in [-0.2, -0.15) is 0 Å². The first-order valence-electron chi connectivity index (χ1n) is 5.14. The van der Waals surface area contributed by atoms with Crippen molar-refractivity contribution in [1.82, 2.24) is 5.32 Å². The molecule has 0 saturated carbocycles. The molecule has 0 bridgehead atoms. The van der Waals surface area contributed by atoms with Crippen LogP contribution in [0.15, 0.2) is 22.8 Å². The summed E-state index contributed by atoms with van der Waals surface area (Å²) in [7, 11) is 1.81. The van der Waals surface area contributed by atoms with Crippen LogP contribution in [0.4, 0.5) is 8.78 Å². The predicted molar refractivity (Wildman–Crippen MR) is 58.4 cm³/mol. The first-order chi connectivity index (χ1) is 7.63. The number of fused-ring (bicyclic) bond motifs is 1. The van der Waals surface area contributed by atoms with Gasteiger partial charge in [0.2, 0.25) is 0 Å². The number of benzene rings is 1. The molecule has 4 heteroatoms. The zero-order chi connectivity index (χ0) is 11.7. The van der Waals surface area contributed by atoms with Gasteiger partial charge < -0.3 is 9.73 Å². The van der Waals surface area contributed by atoms with Crippen LogP contribution in [0, 0.1) is 11.6 Å². The van der Waals surface area contributed by atoms with E-state index in [0.29, 0.717) is 12.0 Å². The maximum Gasteiger partial charge on any atom is 0.172 e. The number of hydrogen-bond donors (Lipinski definition) is 1. The molecule has 0 aliphatic rings. The third-order valence-electron chi connectivity index (χ3n) is 2.73. The normalized spacial score (nSPS) is 13.2. The Labute approximate surface area is 92.2 Å². The van der Waals surface area contributed by atoms with Crippen LogP contribution in [-0.4, -0.2) is 13.1 Å². The monoisotopic (exact) mass is 225 g/mol. The minimum absolute atomic E-state index is 0.0548. The Morgan fingerprint density at radius 1 is 1.38 bits per heavy atom. The van der Waals surface area contributed by atoms with E-state index in [1.54, 1.807) is 19.2 Å². The number of nitrogens with one attached hydrogen (secondary N) is 1. The molecule has 0 aliphatic carbocycles. The zero-order valence-corrected chi connectivity index (χ0v) is 9.18. The fraction of sp³-hybridized carbons (Fsp3) is 0.333. The Hall–Kier alpha value is -1.42. The maximum atomic E-state index is 13.9. The molecule has 0 amide bonds. The summed E-state index contributed by atoms with van der Waals surface area (Å²) in [5.41, 5.74) is 0.741. The molecule has 1 heterocycles. The highest BCUT2D eigenvalue weighted by Gasteiger charge is 2.15. The zero-order valence-electron chi connectivity index (χ0n) is 9.18. The number of hydrogen-bond acceptors (Lipinski definition) is 2. The van der Waals surface area contributed by atoms with E-state index in [1.165, 1.54) is 0 Å². The molecule has 0 radical (unpaired) electrons. The van der Waals surface area contributed by atoms with Crippen molar-refractivity contribution in [1.29, 1.82) is 0 Å². The first-order valence-corrected chi connectivity index (χ1v) is 5.14. The highest BCUT2D eigenvalue weighted by atomic mass is 19.1. The van der Waals surface area contributed by atoms with E-state index in [1.807, 2.05) is 6.92 Å². The summed E-state index contributed by atoms with van der Waals surface area (Å²) in [4.78, 5) is 0. The predicted octanol–water partition coefficient (Wildman–Crippen LogP) is 2.86. The third-order valence-corrected chi connectivity index (χ3v) is 2.73. The van der Waals surface area contributed by atoms with Crippen molar-refractivity contribution < 1.29 is 13.2 Å². The van der Waals surface area contributed by atoms with Gasteiger partial charge in [-0.25, -0.2) is 8.78 Å². The lowest BCUT2D eigenvalue weighted by molar-refractivity contribution is 0.555. The Kier molecular flexibility index (Phi) is 2.92. The van der Waals surface area contributed by atoms with E-state index in [-0.39, 0.29) is 17.0 Å². The van der Waals surface area contributed by atoms with Crippen molar-refractivity contribution >= 4 is 11.0 Å². The maximum absolute atomic E-state index is 13.9. The molecular formula is C12H13F2NO. The molecule has 1 unspecified atom stereocenters. The summed E-state index contributed by atoms with van der Waals surface area (Å²) in [5, 5.41) is 2.96. The summed E-state index contributed by atoms with van der Waals surface area (Å²) < 4.78 is 32.1. The lowest BCUT2D eigenvalue weighted by Crippen LogP contribution is -2.24. The second kappa shape index (κ2) is 4.22. The van der Waals surface area contributed by atoms with E-state index in [2.05, 4.69) is 5.32 Å². The average Bonchev–Trinajstić information content (AvgIpc) is 2.65. The molecule has 1 N–H and O–H groups in total. The Morgan fingerprint density at radius 2 is 2.12 bits per heavy atom. The molecule has 1 aromatic heterocycles. The molecule has 16 heavy (non-hydrogen) atoms. The molecule has 0 aliphatic heterocycles. The van der Waals surface area contributed by atoms with Gasteiger partial charge in [0.05, 0.1) is 5.39 Å². The smallest absolute Gasteiger partial charge is 0.172 e. The first kappa shape index (κ1) is 11.1. The third kappa shape index (κ3) is 1.80. The summed E-state index contributed by atoms with van der Waals surface area (Å²) >= 11 is 0. The quantitative estimate of drug-likeness (QED) is 0.868. The molecule has 2 nitrogen and oxygen atoms in total. The Balaban J connectivity index is 2.47. The molecule has 0 spiro atoms. The van der Waals surface area contributed by atoms with Crippen LogP contribution in [-0.2, 0) is 6.42 Å². The van der Waals surface area contributed by atoms with Crippen molar-refractivity contribution in [2.75, 3.05) is 7.05 Å². The molecule has 86 valence electrons. The van der Waals surface area contributed by atoms with Crippen LogP contribution in [0.5, 0.6) is 0 Å². The van der Waals surface area contributed by atoms with Crippen LogP contribution in [0.25, 0.3) is 11.0 Å². The minimum Gasteiger partial charge on any atom is -0.461 e. The largest absolute Gasteiger partial charge is 0.461 e. The van der Waals surface area contributed by atoms with E-state index in [0.717, 1.165) is 6.26 Å². The van der Waals surface area contributed by atoms with Gasteiger partial charge in [-0.3, -0.25) is 0 Å². The lowest BCUT2D eigenvalue weighted by atomic mass is 10.0. The number of rotatable bonds is 3. The summed E-state index contributed by atoms with van der Waals surface area (Å²) in [6, 6.07) is 3.37. The van der Waals surface area contributed by atoms with Gasteiger partial charge in [-0.15, -0.1) is 0 Å². The van der Waals surface area contributed by atoms with Crippen molar-refractivity contribution in [3.63, 3.8) is 0 Å². The van der Waals surface area contributed by atoms with Crippen LogP contribution < -0.4 is 5.32 Å². The second-order valence-corrected chi connectivity index (χ2v) is 3.89. The molecule has 0 saturated heterocycles. The van der Waals surface area contributed by atoms with Gasteiger partial charge in [-0.1, -0.05) is 6.07 Å². The van der Waals surface area contributed by atoms with E-state index in [4.69, 9.17) is 4.42 Å². The van der Waals surface area contributed by atoms with E-state index < -0.39 is 11.6 Å². The summed E-state index contributed by atoms with van der Waals surface area (Å²) in [6.07, 6.45) is 1.45. The Bertz CT molecular complexity index is 507. The van der Waals surface area contributed by atoms with Gasteiger partial charge >= 0.3 is 0 Å². The van der Waals surface area contributed by atoms with Crippen LogP contribution in [0.1, 0.15) is 12.5 Å². The fourth-order valence-electron chi connectivity index (χ4n) is 1.69. The number of furan rings is 1. The van der Waals surface area contributed by atoms with Crippen LogP contribution in [0.3, 0.4) is 0 Å². The summed E-state index contributed by atoms with van der Waals surface area (Å²) in [5.74, 6) is -1.17. The SMILES string of the molecule is CNC(C)Cc1ccc2occ(F)c2c1F. The van der Waals surface area contributed by atoms with Crippen LogP contribution in [0.2, 0.25) is 0 Å². The number of likely N-dealkylation sites (N-methyl/N-ethyl adjacent to an activating group) is 1.